The fraction of sp³-hybridized carbons (Fsp3) is 0.480. The minimum Gasteiger partial charge on any atom is -0.488 e. The predicted molar refractivity (Wildman–Crippen MR) is 134 cm³/mol. The second-order valence-corrected chi connectivity index (χ2v) is 9.55. The maximum atomic E-state index is 14.1. The second-order valence-electron chi connectivity index (χ2n) is 9.18. The van der Waals surface area contributed by atoms with Crippen LogP contribution < -0.4 is 10.1 Å². The van der Waals surface area contributed by atoms with Gasteiger partial charge in [-0.25, -0.2) is 9.38 Å². The summed E-state index contributed by atoms with van der Waals surface area (Å²) in [6.07, 6.45) is 1.29. The Hall–Kier alpha value is -2.75. The first kappa shape index (κ1) is 25.3. The molecule has 4 rings (SSSR count). The van der Waals surface area contributed by atoms with Crippen molar-refractivity contribution in [3.63, 3.8) is 0 Å². The van der Waals surface area contributed by atoms with E-state index in [9.17, 15) is 14.3 Å². The molecule has 0 radical (unpaired) electrons. The second kappa shape index (κ2) is 10.5. The highest BCUT2D eigenvalue weighted by atomic mass is 35.5. The summed E-state index contributed by atoms with van der Waals surface area (Å²) in [5.74, 6) is -0.148. The van der Waals surface area contributed by atoms with Gasteiger partial charge in [0.15, 0.2) is 0 Å². The van der Waals surface area contributed by atoms with Crippen LogP contribution in [0.2, 0.25) is 0 Å². The molecule has 3 heterocycles. The number of rotatable bonds is 6. The van der Waals surface area contributed by atoms with Crippen molar-refractivity contribution in [1.29, 1.82) is 5.41 Å². The van der Waals surface area contributed by atoms with Gasteiger partial charge in [-0.3, -0.25) is 9.69 Å². The Kier molecular flexibility index (Phi) is 7.59. The number of hydrogen-bond donors (Lipinski definition) is 3. The molecule has 8 nitrogen and oxygen atoms in total. The van der Waals surface area contributed by atoms with Crippen LogP contribution in [0.3, 0.4) is 0 Å². The van der Waals surface area contributed by atoms with E-state index in [1.54, 1.807) is 6.92 Å². The molecule has 35 heavy (non-hydrogen) atoms. The highest BCUT2D eigenvalue weighted by Gasteiger charge is 2.35. The van der Waals surface area contributed by atoms with Crippen LogP contribution in [0, 0.1) is 11.2 Å². The molecule has 0 saturated carbocycles. The Bertz CT molecular complexity index is 1130. The van der Waals surface area contributed by atoms with Gasteiger partial charge in [-0.15, -0.1) is 0 Å². The first-order chi connectivity index (χ1) is 16.7. The van der Waals surface area contributed by atoms with Crippen LogP contribution in [-0.4, -0.2) is 77.2 Å². The van der Waals surface area contributed by atoms with Gasteiger partial charge in [-0.2, -0.15) is 0 Å². The van der Waals surface area contributed by atoms with Gasteiger partial charge in [0.2, 0.25) is 0 Å². The number of aliphatic hydroxyl groups excluding tert-OH is 1. The first-order valence-electron chi connectivity index (χ1n) is 11.8. The van der Waals surface area contributed by atoms with Gasteiger partial charge in [-0.1, -0.05) is 18.5 Å². The van der Waals surface area contributed by atoms with Gasteiger partial charge in [0.1, 0.15) is 23.5 Å². The number of likely N-dealkylation sites (tertiary alicyclic amines) is 2. The van der Waals surface area contributed by atoms with Crippen LogP contribution in [0.4, 0.5) is 4.39 Å². The maximum Gasteiger partial charge on any atom is 0.258 e. The number of hydrogen-bond acceptors (Lipinski definition) is 7. The van der Waals surface area contributed by atoms with E-state index in [1.165, 1.54) is 23.1 Å². The Balaban J connectivity index is 1.54. The summed E-state index contributed by atoms with van der Waals surface area (Å²) >= 11 is 6.21. The zero-order valence-corrected chi connectivity index (χ0v) is 21.0. The maximum absolute atomic E-state index is 14.1. The van der Waals surface area contributed by atoms with Crippen LogP contribution in [0.5, 0.6) is 5.75 Å². The number of nitrogens with one attached hydrogen (secondary N) is 2. The number of halogens is 2. The van der Waals surface area contributed by atoms with Crippen molar-refractivity contribution in [3.05, 3.63) is 51.7 Å². The molecule has 3 N–H and O–H groups in total. The number of benzene rings is 1. The molecule has 2 atom stereocenters. The van der Waals surface area contributed by atoms with Crippen molar-refractivity contribution >= 4 is 28.9 Å². The number of allylic oxidation sites excluding steroid dienone is 2. The van der Waals surface area contributed by atoms with E-state index < -0.39 is 5.82 Å². The van der Waals surface area contributed by atoms with E-state index >= 15 is 0 Å². The molecular weight excluding hydrogens is 473 g/mol. The lowest BCUT2D eigenvalue weighted by Crippen LogP contribution is -2.33. The molecule has 1 amide bonds. The van der Waals surface area contributed by atoms with Crippen LogP contribution in [-0.2, 0) is 0 Å². The smallest absolute Gasteiger partial charge is 0.258 e. The molecule has 1 aromatic carbocycles. The lowest BCUT2D eigenvalue weighted by molar-refractivity contribution is 0.0796. The topological polar surface area (TPSA) is 101 Å². The normalized spacial score (nSPS) is 25.3. The summed E-state index contributed by atoms with van der Waals surface area (Å²) in [7, 11) is 0. The minimum absolute atomic E-state index is 0.0149. The van der Waals surface area contributed by atoms with Gasteiger partial charge in [0.05, 0.1) is 41.7 Å². The van der Waals surface area contributed by atoms with Crippen LogP contribution in [0.1, 0.15) is 44.0 Å². The summed E-state index contributed by atoms with van der Waals surface area (Å²) in [5.41, 5.74) is 2.53. The molecule has 0 spiro atoms. The number of ether oxygens (including phenoxy) is 1. The number of aliphatic hydroxyl groups is 1. The van der Waals surface area contributed by atoms with E-state index in [0.29, 0.717) is 35.1 Å². The van der Waals surface area contributed by atoms with E-state index in [0.717, 1.165) is 18.7 Å². The quantitative estimate of drug-likeness (QED) is 0.553. The molecular formula is C25H31ClFN5O3. The third kappa shape index (κ3) is 5.27. The molecule has 0 unspecified atom stereocenters. The largest absolute Gasteiger partial charge is 0.488 e. The molecule has 188 valence electrons. The molecule has 3 aliphatic heterocycles. The zero-order valence-electron chi connectivity index (χ0n) is 20.2. The predicted octanol–water partition coefficient (Wildman–Crippen LogP) is 3.27. The van der Waals surface area contributed by atoms with Crippen molar-refractivity contribution in [1.82, 2.24) is 15.1 Å². The number of carbonyl (C=O) groups excluding carboxylic acids is 1. The Morgan fingerprint density at radius 1 is 1.37 bits per heavy atom. The Morgan fingerprint density at radius 3 is 2.83 bits per heavy atom. The number of nitrogens with zero attached hydrogens (tertiary/aromatic N) is 3. The highest BCUT2D eigenvalue weighted by Crippen LogP contribution is 2.30. The molecule has 0 aromatic heterocycles. The van der Waals surface area contributed by atoms with Crippen LogP contribution in [0.25, 0.3) is 0 Å². The molecule has 3 aliphatic rings. The molecule has 0 aliphatic carbocycles. The fourth-order valence-electron chi connectivity index (χ4n) is 4.78. The van der Waals surface area contributed by atoms with Crippen molar-refractivity contribution in [2.24, 2.45) is 4.99 Å². The van der Waals surface area contributed by atoms with Gasteiger partial charge < -0.3 is 25.5 Å². The van der Waals surface area contributed by atoms with Gasteiger partial charge in [0.25, 0.3) is 5.91 Å². The average Bonchev–Trinajstić information content (AvgIpc) is 3.40. The van der Waals surface area contributed by atoms with E-state index in [1.807, 2.05) is 6.92 Å². The van der Waals surface area contributed by atoms with Crippen molar-refractivity contribution in [2.75, 3.05) is 32.8 Å². The van der Waals surface area contributed by atoms with E-state index in [2.05, 4.69) is 22.1 Å². The molecule has 10 heteroatoms. The van der Waals surface area contributed by atoms with Gasteiger partial charge in [-0.05, 0) is 38.9 Å². The SMILES string of the molecule is CCCN1C[C@@H](Oc2cc(F)ccc2C(=O)N2CC(=N)/C(=C3/N=C(C)C(Cl)=C(C)N3)C2)C[C@H]1CO. The molecule has 1 aromatic rings. The third-order valence-electron chi connectivity index (χ3n) is 6.55. The summed E-state index contributed by atoms with van der Waals surface area (Å²) in [4.78, 5) is 21.6. The summed E-state index contributed by atoms with van der Waals surface area (Å²) in [6.45, 7) is 7.47. The lowest BCUT2D eigenvalue weighted by atomic mass is 10.1. The lowest BCUT2D eigenvalue weighted by Gasteiger charge is -2.21. The highest BCUT2D eigenvalue weighted by molar-refractivity contribution is 6.43. The van der Waals surface area contributed by atoms with Crippen LogP contribution >= 0.6 is 11.6 Å². The van der Waals surface area contributed by atoms with Crippen LogP contribution in [0.15, 0.2) is 45.3 Å². The number of aliphatic imine (C=N–C) groups is 1. The summed E-state index contributed by atoms with van der Waals surface area (Å²) < 4.78 is 20.3. The standard InChI is InChI=1S/C25H31ClFN5O3/c1-4-7-31-10-18(9-17(31)13-33)35-22-8-16(27)5-6-19(22)25(34)32-11-20(21(28)12-32)24-29-14(2)23(26)15(3)30-24/h5-6,8,17-18,28-29,33H,4,7,9-13H2,1-3H3/b24-20+,28-21?/t17-,18-/m0/s1. The molecule has 2 saturated heterocycles. The monoisotopic (exact) mass is 503 g/mol. The van der Waals surface area contributed by atoms with Crippen molar-refractivity contribution in [2.45, 2.75) is 45.8 Å². The number of carbonyl (C=O) groups is 1. The summed E-state index contributed by atoms with van der Waals surface area (Å²) in [5, 5.41) is 21.8. The Morgan fingerprint density at radius 2 is 2.14 bits per heavy atom. The minimum atomic E-state index is -0.494. The summed E-state index contributed by atoms with van der Waals surface area (Å²) in [6, 6.07) is 3.88. The third-order valence-corrected chi connectivity index (χ3v) is 7.10. The van der Waals surface area contributed by atoms with E-state index in [4.69, 9.17) is 21.7 Å². The molecule has 0 bridgehead atoms. The first-order valence-corrected chi connectivity index (χ1v) is 12.2. The Labute approximate surface area is 209 Å². The van der Waals surface area contributed by atoms with E-state index in [-0.39, 0.29) is 54.8 Å². The molecule has 2 fully saturated rings. The average molecular weight is 504 g/mol. The van der Waals surface area contributed by atoms with Gasteiger partial charge >= 0.3 is 0 Å². The van der Waals surface area contributed by atoms with Crippen molar-refractivity contribution < 1.29 is 19.0 Å². The fourth-order valence-corrected chi connectivity index (χ4v) is 4.87. The van der Waals surface area contributed by atoms with Crippen molar-refractivity contribution in [3.8, 4) is 5.75 Å². The number of amides is 1. The zero-order chi connectivity index (χ0) is 25.3. The van der Waals surface area contributed by atoms with Gasteiger partial charge in [0, 0.05) is 36.3 Å².